The molecule has 1 fully saturated rings. The van der Waals surface area contributed by atoms with Gasteiger partial charge in [-0.3, -0.25) is 4.79 Å². The summed E-state index contributed by atoms with van der Waals surface area (Å²) in [5, 5.41) is 38.5. The highest BCUT2D eigenvalue weighted by atomic mass is 16.6. The number of likely N-dealkylation sites (tertiary alicyclic amines) is 1. The van der Waals surface area contributed by atoms with Crippen LogP contribution in [0.25, 0.3) is 39.4 Å². The second-order valence-electron chi connectivity index (χ2n) is 15.7. The number of nitrogens with zero attached hydrogens (tertiary/aromatic N) is 5. The molecule has 16 heteroatoms. The number of pyridine rings is 2. The molecule has 6 heterocycles. The number of benzene rings is 3. The zero-order valence-electron chi connectivity index (χ0n) is 33.1. The lowest BCUT2D eigenvalue weighted by molar-refractivity contribution is -0.158. The minimum atomic E-state index is -1.42. The summed E-state index contributed by atoms with van der Waals surface area (Å²) < 4.78 is 20.2. The van der Waals surface area contributed by atoms with Crippen LogP contribution in [0.4, 0.5) is 4.79 Å². The first-order chi connectivity index (χ1) is 28.9. The molecule has 16 nitrogen and oxygen atoms in total. The average Bonchev–Trinajstić information content (AvgIpc) is 3.80. The van der Waals surface area contributed by atoms with Crippen molar-refractivity contribution in [1.82, 2.24) is 29.2 Å². The Morgan fingerprint density at radius 2 is 1.73 bits per heavy atom. The molecule has 0 aliphatic carbocycles. The van der Waals surface area contributed by atoms with Gasteiger partial charge >= 0.3 is 17.8 Å². The van der Waals surface area contributed by atoms with Crippen molar-refractivity contribution in [2.75, 3.05) is 19.7 Å². The third kappa shape index (κ3) is 6.57. The molecule has 3 aromatic heterocycles. The van der Waals surface area contributed by atoms with Crippen molar-refractivity contribution in [3.8, 4) is 51.5 Å². The largest absolute Gasteiger partial charge is 0.508 e. The van der Waals surface area contributed by atoms with E-state index in [1.54, 1.807) is 59.2 Å². The van der Waals surface area contributed by atoms with Gasteiger partial charge < -0.3 is 39.0 Å². The maximum atomic E-state index is 13.9. The Labute approximate surface area is 342 Å². The fourth-order valence-corrected chi connectivity index (χ4v) is 8.51. The molecular weight excluding hydrogens is 773 g/mol. The predicted molar refractivity (Wildman–Crippen MR) is 217 cm³/mol. The van der Waals surface area contributed by atoms with Crippen molar-refractivity contribution in [3.05, 3.63) is 109 Å². The smallest absolute Gasteiger partial charge is 0.410 e. The van der Waals surface area contributed by atoms with Crippen molar-refractivity contribution >= 4 is 23.0 Å². The number of H-pyrrole nitrogens is 1. The van der Waals surface area contributed by atoms with Gasteiger partial charge in [-0.15, -0.1) is 0 Å². The number of hydrogen-bond acceptors (Lipinski definition) is 12. The van der Waals surface area contributed by atoms with E-state index in [1.807, 2.05) is 20.8 Å². The van der Waals surface area contributed by atoms with Gasteiger partial charge in [0.2, 0.25) is 6.10 Å². The fraction of sp³-hybridized carbons (Fsp3) is 0.318. The number of aryl methyl sites for hydroxylation is 1. The van der Waals surface area contributed by atoms with Crippen LogP contribution in [-0.4, -0.2) is 76.3 Å². The Balaban J connectivity index is 0.851. The molecule has 60 heavy (non-hydrogen) atoms. The Kier molecular flexibility index (Phi) is 9.56. The van der Waals surface area contributed by atoms with Crippen LogP contribution in [-0.2, 0) is 33.8 Å². The zero-order valence-corrected chi connectivity index (χ0v) is 33.1. The number of nitrogens with one attached hydrogen (secondary N) is 1. The van der Waals surface area contributed by atoms with Crippen LogP contribution in [0.2, 0.25) is 0 Å². The average molecular weight is 815 g/mol. The number of carbonyl (C=O) groups is 2. The summed E-state index contributed by atoms with van der Waals surface area (Å²) in [6.45, 7) is 6.97. The van der Waals surface area contributed by atoms with Crippen LogP contribution in [0.1, 0.15) is 73.5 Å². The Bertz CT molecular complexity index is 2830. The number of phenols is 3. The van der Waals surface area contributed by atoms with Crippen LogP contribution in [0.15, 0.2) is 70.3 Å². The number of esters is 1. The molecule has 3 aliphatic heterocycles. The summed E-state index contributed by atoms with van der Waals surface area (Å²) in [6, 6.07) is 16.4. The quantitative estimate of drug-likeness (QED) is 0.134. The lowest BCUT2D eigenvalue weighted by Crippen LogP contribution is -2.42. The Morgan fingerprint density at radius 1 is 0.967 bits per heavy atom. The molecule has 9 rings (SSSR count). The molecular formula is C44H42N6O10. The van der Waals surface area contributed by atoms with Crippen LogP contribution >= 0.6 is 0 Å². The summed E-state index contributed by atoms with van der Waals surface area (Å²) in [5.74, 6) is -0.0517. The van der Waals surface area contributed by atoms with Crippen molar-refractivity contribution in [3.63, 3.8) is 0 Å². The summed E-state index contributed by atoms with van der Waals surface area (Å²) in [6.07, 6.45) is -0.228. The van der Waals surface area contributed by atoms with Gasteiger partial charge in [0.15, 0.2) is 5.82 Å². The highest BCUT2D eigenvalue weighted by Gasteiger charge is 2.39. The highest BCUT2D eigenvalue weighted by Crippen LogP contribution is 2.40. The van der Waals surface area contributed by atoms with Gasteiger partial charge in [0, 0.05) is 35.7 Å². The molecule has 0 saturated carbocycles. The van der Waals surface area contributed by atoms with E-state index in [9.17, 15) is 34.5 Å². The minimum Gasteiger partial charge on any atom is -0.508 e. The molecule has 6 aromatic rings. The van der Waals surface area contributed by atoms with E-state index in [2.05, 4.69) is 10.2 Å². The van der Waals surface area contributed by atoms with Crippen LogP contribution in [0.5, 0.6) is 23.0 Å². The van der Waals surface area contributed by atoms with E-state index in [0.717, 1.165) is 16.5 Å². The highest BCUT2D eigenvalue weighted by molar-refractivity contribution is 5.89. The molecule has 4 N–H and O–H groups in total. The van der Waals surface area contributed by atoms with Crippen molar-refractivity contribution < 1.29 is 39.1 Å². The molecule has 308 valence electrons. The standard InChI is InChI=1S/C44H42N6O10/c1-4-27-29-15-25(51)7-10-34(29)45-38-32(27)19-49-35(38)17-30-33(41(49)54)21-59-42(55)39(30)60-44(57)48-13-11-23(12-14-48)20-58-26-8-5-24(6-9-26)50-40(46-47-43(50)56)31-16-28(22(2)3)36(52)18-37(31)53/h5-10,15-18,22-23,39,51-53H,4,11-14,19-21H2,1-3H3,(H,47,56)/t39-/m0/s1. The number of cyclic esters (lactones) is 1. The van der Waals surface area contributed by atoms with Crippen LogP contribution < -0.4 is 16.0 Å². The van der Waals surface area contributed by atoms with Gasteiger partial charge in [-0.2, -0.15) is 5.10 Å². The number of ether oxygens (including phenoxy) is 3. The predicted octanol–water partition coefficient (Wildman–Crippen LogP) is 5.79. The van der Waals surface area contributed by atoms with Gasteiger partial charge in [0.05, 0.1) is 46.9 Å². The lowest BCUT2D eigenvalue weighted by atomic mass is 9.97. The number of hydrogen-bond donors (Lipinski definition) is 4. The Hall–Kier alpha value is -7.10. The van der Waals surface area contributed by atoms with Gasteiger partial charge in [0.1, 0.15) is 29.6 Å². The molecule has 0 spiro atoms. The molecule has 3 aliphatic rings. The van der Waals surface area contributed by atoms with E-state index < -0.39 is 23.9 Å². The molecule has 0 unspecified atom stereocenters. The normalized spacial score (nSPS) is 16.1. The first-order valence-electron chi connectivity index (χ1n) is 19.9. The van der Waals surface area contributed by atoms with E-state index in [1.165, 1.54) is 15.5 Å². The number of phenolic OH excluding ortho intramolecular Hbond substituents is 3. The van der Waals surface area contributed by atoms with E-state index >= 15 is 0 Å². The molecule has 1 atom stereocenters. The van der Waals surface area contributed by atoms with Crippen LogP contribution in [0.3, 0.4) is 0 Å². The number of piperidine rings is 1. The van der Waals surface area contributed by atoms with Gasteiger partial charge in [-0.1, -0.05) is 20.8 Å². The molecule has 0 radical (unpaired) electrons. The van der Waals surface area contributed by atoms with E-state index in [4.69, 9.17) is 19.2 Å². The topological polar surface area (TPSA) is 211 Å². The van der Waals surface area contributed by atoms with Gasteiger partial charge in [-0.05, 0) is 96.8 Å². The number of fused-ring (bicyclic) bond motifs is 5. The first-order valence-corrected chi connectivity index (χ1v) is 19.9. The number of amides is 1. The van der Waals surface area contributed by atoms with E-state index in [-0.39, 0.29) is 64.7 Å². The summed E-state index contributed by atoms with van der Waals surface area (Å²) in [4.78, 5) is 59.8. The molecule has 3 aromatic carbocycles. The zero-order chi connectivity index (χ0) is 42.0. The second kappa shape index (κ2) is 14.9. The third-order valence-electron chi connectivity index (χ3n) is 11.7. The lowest BCUT2D eigenvalue weighted by Gasteiger charge is -2.33. The minimum absolute atomic E-state index is 0.0378. The molecule has 1 saturated heterocycles. The van der Waals surface area contributed by atoms with E-state index in [0.29, 0.717) is 78.4 Å². The maximum absolute atomic E-state index is 13.9. The summed E-state index contributed by atoms with van der Waals surface area (Å²) in [5.41, 5.74) is 4.73. The summed E-state index contributed by atoms with van der Waals surface area (Å²) in [7, 11) is 0. The number of carbonyl (C=O) groups excluding carboxylic acids is 2. The number of aromatic hydroxyl groups is 3. The number of aromatic amines is 1. The van der Waals surface area contributed by atoms with Crippen LogP contribution in [0, 0.1) is 5.92 Å². The van der Waals surface area contributed by atoms with Crippen molar-refractivity contribution in [2.24, 2.45) is 5.92 Å². The number of aromatic nitrogens is 5. The Morgan fingerprint density at radius 3 is 2.47 bits per heavy atom. The molecule has 0 bridgehead atoms. The third-order valence-corrected chi connectivity index (χ3v) is 11.7. The van der Waals surface area contributed by atoms with Crippen molar-refractivity contribution in [2.45, 2.75) is 65.2 Å². The van der Waals surface area contributed by atoms with Crippen molar-refractivity contribution in [1.29, 1.82) is 0 Å². The van der Waals surface area contributed by atoms with Gasteiger partial charge in [0.25, 0.3) is 5.56 Å². The number of rotatable bonds is 8. The summed E-state index contributed by atoms with van der Waals surface area (Å²) >= 11 is 0. The molecule has 1 amide bonds. The first kappa shape index (κ1) is 38.4. The van der Waals surface area contributed by atoms with Gasteiger partial charge in [-0.25, -0.2) is 29.0 Å². The second-order valence-corrected chi connectivity index (χ2v) is 15.7. The maximum Gasteiger partial charge on any atom is 0.410 e. The monoisotopic (exact) mass is 814 g/mol. The SMILES string of the molecule is CCc1c2c(nc3ccc(O)cc13)-c1cc3c(c(=O)n1C2)COC(=O)[C@H]3OC(=O)N1CCC(COc2ccc(-n3c(-c4cc(C(C)C)c(O)cc4O)n[nH]c3=O)cc2)CC1. The fourth-order valence-electron chi connectivity index (χ4n) is 8.51.